The Labute approximate surface area is 260 Å². The van der Waals surface area contributed by atoms with E-state index in [0.717, 1.165) is 16.1 Å². The Morgan fingerprint density at radius 2 is 1.80 bits per heavy atom. The van der Waals surface area contributed by atoms with Crippen LogP contribution in [0.25, 0.3) is 10.4 Å². The number of anilines is 1. The van der Waals surface area contributed by atoms with Gasteiger partial charge in [0.15, 0.2) is 16.4 Å². The smallest absolute Gasteiger partial charge is 0.351 e. The lowest BCUT2D eigenvalue weighted by Crippen LogP contribution is -2.42. The molecule has 236 valence electrons. The second-order valence-electron chi connectivity index (χ2n) is 11.2. The van der Waals surface area contributed by atoms with Crippen LogP contribution in [0, 0.1) is 17.0 Å². The normalized spacial score (nSPS) is 14.6. The Balaban J connectivity index is 1.48. The van der Waals surface area contributed by atoms with E-state index in [2.05, 4.69) is 5.32 Å². The van der Waals surface area contributed by atoms with Gasteiger partial charge in [0.2, 0.25) is 10.0 Å². The van der Waals surface area contributed by atoms with Crippen molar-refractivity contribution in [2.24, 2.45) is 0 Å². The van der Waals surface area contributed by atoms with E-state index in [1.54, 1.807) is 27.7 Å². The van der Waals surface area contributed by atoms with Gasteiger partial charge in [-0.2, -0.15) is 4.31 Å². The molecular formula is C30H35N3O9S2. The topological polar surface area (TPSA) is 154 Å². The van der Waals surface area contributed by atoms with Crippen LogP contribution in [-0.4, -0.2) is 68.0 Å². The van der Waals surface area contributed by atoms with E-state index in [0.29, 0.717) is 18.4 Å². The predicted octanol–water partition coefficient (Wildman–Crippen LogP) is 5.40. The number of nitro groups is 1. The van der Waals surface area contributed by atoms with Crippen molar-refractivity contribution in [1.82, 2.24) is 4.31 Å². The Bertz CT molecular complexity index is 1650. The summed E-state index contributed by atoms with van der Waals surface area (Å²) in [5.41, 5.74) is 1.16. The molecule has 44 heavy (non-hydrogen) atoms. The van der Waals surface area contributed by atoms with Gasteiger partial charge in [-0.1, -0.05) is 24.3 Å². The molecule has 0 unspecified atom stereocenters. The fourth-order valence-electron chi connectivity index (χ4n) is 4.87. The number of esters is 2. The summed E-state index contributed by atoms with van der Waals surface area (Å²) in [6, 6.07) is 12.9. The molecule has 0 radical (unpaired) electrons. The first-order valence-corrected chi connectivity index (χ1v) is 16.1. The average molecular weight is 646 g/mol. The van der Waals surface area contributed by atoms with Crippen LogP contribution in [0.4, 0.5) is 11.4 Å². The molecule has 0 atom stereocenters. The van der Waals surface area contributed by atoms with Gasteiger partial charge >= 0.3 is 11.9 Å². The molecule has 3 aromatic rings. The molecule has 0 spiro atoms. The van der Waals surface area contributed by atoms with Gasteiger partial charge in [-0.15, -0.1) is 11.3 Å². The number of benzene rings is 2. The van der Waals surface area contributed by atoms with E-state index in [-0.39, 0.29) is 41.3 Å². The third kappa shape index (κ3) is 7.55. The zero-order valence-corrected chi connectivity index (χ0v) is 26.7. The lowest BCUT2D eigenvalue weighted by atomic mass is 10.0. The number of thiophene rings is 1. The van der Waals surface area contributed by atoms with Crippen LogP contribution in [0.2, 0.25) is 0 Å². The number of hydrogen-bond donors (Lipinski definition) is 1. The number of carbonyl (C=O) groups is 2. The molecule has 1 aliphatic rings. The standard InChI is InChI=1S/C30H35N3O9S2/c1-19-26(41-18-25(34)42-30(2,3)4)28(29(35)40-5)43-27(19)20-9-8-10-22(17-20)31-21-13-15-32(16-14-21)44(38,39)24-12-7-6-11-23(24)33(36)37/h6-12,17,21,31H,13-16,18H2,1-5H3. The molecule has 0 bridgehead atoms. The molecule has 1 saturated heterocycles. The Morgan fingerprint density at radius 1 is 1.11 bits per heavy atom. The van der Waals surface area contributed by atoms with E-state index in [1.807, 2.05) is 24.3 Å². The van der Waals surface area contributed by atoms with Crippen molar-refractivity contribution in [2.45, 2.75) is 57.1 Å². The fraction of sp³-hybridized carbons (Fsp3) is 0.400. The van der Waals surface area contributed by atoms with Crippen molar-refractivity contribution in [3.63, 3.8) is 0 Å². The highest BCUT2D eigenvalue weighted by Crippen LogP contribution is 2.42. The molecule has 1 N–H and O–H groups in total. The summed E-state index contributed by atoms with van der Waals surface area (Å²) in [5.74, 6) is -0.888. The van der Waals surface area contributed by atoms with E-state index < -0.39 is 38.2 Å². The second kappa shape index (κ2) is 13.3. The number of sulfonamides is 1. The molecule has 2 aromatic carbocycles. The van der Waals surface area contributed by atoms with Crippen molar-refractivity contribution in [3.05, 3.63) is 69.1 Å². The first kappa shape index (κ1) is 32.9. The molecule has 1 aliphatic heterocycles. The lowest BCUT2D eigenvalue weighted by Gasteiger charge is -2.32. The van der Waals surface area contributed by atoms with Gasteiger partial charge in [-0.25, -0.2) is 18.0 Å². The first-order valence-electron chi connectivity index (χ1n) is 13.9. The molecule has 2 heterocycles. The number of nitrogens with zero attached hydrogens (tertiary/aromatic N) is 2. The van der Waals surface area contributed by atoms with E-state index in [1.165, 1.54) is 47.0 Å². The molecule has 1 aromatic heterocycles. The SMILES string of the molecule is COC(=O)c1sc(-c2cccc(NC3CCN(S(=O)(=O)c4ccccc4[N+](=O)[O-])CC3)c2)c(C)c1OCC(=O)OC(C)(C)C. The third-order valence-corrected chi connectivity index (χ3v) is 10.1. The van der Waals surface area contributed by atoms with Crippen molar-refractivity contribution < 1.29 is 37.1 Å². The van der Waals surface area contributed by atoms with Gasteiger partial charge in [0.25, 0.3) is 5.69 Å². The molecule has 1 fully saturated rings. The van der Waals surface area contributed by atoms with Gasteiger partial charge in [0.05, 0.1) is 12.0 Å². The van der Waals surface area contributed by atoms with Gasteiger partial charge < -0.3 is 19.5 Å². The minimum atomic E-state index is -4.03. The summed E-state index contributed by atoms with van der Waals surface area (Å²) < 4.78 is 43.7. The van der Waals surface area contributed by atoms with Gasteiger partial charge in [-0.05, 0) is 64.3 Å². The molecule has 0 saturated carbocycles. The maximum Gasteiger partial charge on any atom is 0.351 e. The molecule has 12 nitrogen and oxygen atoms in total. The summed E-state index contributed by atoms with van der Waals surface area (Å²) in [5, 5.41) is 14.9. The van der Waals surface area contributed by atoms with Crippen LogP contribution in [0.1, 0.15) is 48.8 Å². The summed E-state index contributed by atoms with van der Waals surface area (Å²) >= 11 is 1.19. The molecule has 4 rings (SSSR count). The van der Waals surface area contributed by atoms with E-state index in [9.17, 15) is 28.1 Å². The van der Waals surface area contributed by atoms with Crippen LogP contribution in [0.5, 0.6) is 5.75 Å². The Kier molecular flexibility index (Phi) is 9.96. The molecule has 0 aliphatic carbocycles. The van der Waals surface area contributed by atoms with Crippen molar-refractivity contribution in [2.75, 3.05) is 32.1 Å². The summed E-state index contributed by atoms with van der Waals surface area (Å²) in [7, 11) is -2.75. The number of methoxy groups -OCH3 is 1. The number of nitro benzene ring substituents is 1. The van der Waals surface area contributed by atoms with Crippen LogP contribution < -0.4 is 10.1 Å². The number of piperidine rings is 1. The number of carbonyl (C=O) groups excluding carboxylic acids is 2. The minimum absolute atomic E-state index is 0.0368. The zero-order chi connectivity index (χ0) is 32.2. The van der Waals surface area contributed by atoms with Gasteiger partial charge in [0.1, 0.15) is 11.4 Å². The number of hydrogen-bond acceptors (Lipinski definition) is 11. The monoisotopic (exact) mass is 645 g/mol. The lowest BCUT2D eigenvalue weighted by molar-refractivity contribution is -0.387. The maximum absolute atomic E-state index is 13.2. The predicted molar refractivity (Wildman–Crippen MR) is 166 cm³/mol. The first-order chi connectivity index (χ1) is 20.7. The summed E-state index contributed by atoms with van der Waals surface area (Å²) in [6.07, 6.45) is 0.995. The third-order valence-electron chi connectivity index (χ3n) is 6.85. The van der Waals surface area contributed by atoms with Crippen LogP contribution in [0.3, 0.4) is 0 Å². The van der Waals surface area contributed by atoms with Crippen molar-refractivity contribution >= 4 is 44.7 Å². The fourth-order valence-corrected chi connectivity index (χ4v) is 7.66. The molecule has 14 heteroatoms. The second-order valence-corrected chi connectivity index (χ2v) is 14.1. The van der Waals surface area contributed by atoms with E-state index >= 15 is 0 Å². The summed E-state index contributed by atoms with van der Waals surface area (Å²) in [6.45, 7) is 7.10. The van der Waals surface area contributed by atoms with E-state index in [4.69, 9.17) is 14.2 Å². The van der Waals surface area contributed by atoms with Crippen LogP contribution in [0.15, 0.2) is 53.4 Å². The number of nitrogens with one attached hydrogen (secondary N) is 1. The summed E-state index contributed by atoms with van der Waals surface area (Å²) in [4.78, 5) is 36.2. The number of ether oxygens (including phenoxy) is 3. The van der Waals surface area contributed by atoms with Crippen LogP contribution in [-0.2, 0) is 24.3 Å². The molecular weight excluding hydrogens is 610 g/mol. The highest BCUT2D eigenvalue weighted by molar-refractivity contribution is 7.89. The largest absolute Gasteiger partial charge is 0.480 e. The number of para-hydroxylation sites is 1. The highest BCUT2D eigenvalue weighted by atomic mass is 32.2. The average Bonchev–Trinajstić information content (AvgIpc) is 3.31. The maximum atomic E-state index is 13.2. The Morgan fingerprint density at radius 3 is 2.43 bits per heavy atom. The number of rotatable bonds is 10. The zero-order valence-electron chi connectivity index (χ0n) is 25.1. The van der Waals surface area contributed by atoms with Gasteiger partial charge in [-0.3, -0.25) is 10.1 Å². The minimum Gasteiger partial charge on any atom is -0.480 e. The van der Waals surface area contributed by atoms with Gasteiger partial charge in [0, 0.05) is 41.3 Å². The molecule has 0 amide bonds. The quantitative estimate of drug-likeness (QED) is 0.172. The van der Waals surface area contributed by atoms with Crippen molar-refractivity contribution in [1.29, 1.82) is 0 Å². The van der Waals surface area contributed by atoms with Crippen molar-refractivity contribution in [3.8, 4) is 16.2 Å². The van der Waals surface area contributed by atoms with Crippen LogP contribution >= 0.6 is 11.3 Å². The highest BCUT2D eigenvalue weighted by Gasteiger charge is 2.34. The Hall–Kier alpha value is -4.01.